The van der Waals surface area contributed by atoms with Gasteiger partial charge in [-0.15, -0.1) is 0 Å². The van der Waals surface area contributed by atoms with Crippen LogP contribution in [0.2, 0.25) is 0 Å². The molecule has 0 aliphatic rings. The average molecular weight is 414 g/mol. The summed E-state index contributed by atoms with van der Waals surface area (Å²) in [6.07, 6.45) is 0.748. The van der Waals surface area contributed by atoms with Gasteiger partial charge in [-0.05, 0) is 50.2 Å². The maximum atomic E-state index is 12.6. The molecule has 3 rings (SSSR count). The van der Waals surface area contributed by atoms with Crippen LogP contribution in [-0.4, -0.2) is 27.1 Å². The summed E-state index contributed by atoms with van der Waals surface area (Å²) in [5, 5.41) is 0. The zero-order valence-electron chi connectivity index (χ0n) is 16.1. The predicted octanol–water partition coefficient (Wildman–Crippen LogP) is 4.19. The first kappa shape index (κ1) is 20.8. The molecule has 3 aromatic rings. The van der Waals surface area contributed by atoms with Crippen LogP contribution in [0.1, 0.15) is 30.0 Å². The number of ether oxygens (including phenoxy) is 1. The monoisotopic (exact) mass is 414 g/mol. The molecular weight excluding hydrogens is 392 g/mol. The van der Waals surface area contributed by atoms with Gasteiger partial charge in [0.05, 0.1) is 28.7 Å². The number of esters is 1. The fourth-order valence-electron chi connectivity index (χ4n) is 2.78. The third kappa shape index (κ3) is 4.75. The lowest BCUT2D eigenvalue weighted by atomic mass is 9.83. The molecule has 1 heterocycles. The predicted molar refractivity (Wildman–Crippen MR) is 107 cm³/mol. The SMILES string of the molecule is CC(OC(=O)c1ccccc1)C(C)(COS(=O)(=O)c1ccccc1)c1ccco1. The highest BCUT2D eigenvalue weighted by atomic mass is 32.2. The van der Waals surface area contributed by atoms with Crippen LogP contribution in [0.5, 0.6) is 0 Å². The Labute approximate surface area is 170 Å². The van der Waals surface area contributed by atoms with Crippen molar-refractivity contribution in [2.75, 3.05) is 6.61 Å². The smallest absolute Gasteiger partial charge is 0.338 e. The minimum atomic E-state index is -3.98. The van der Waals surface area contributed by atoms with Crippen LogP contribution in [0.25, 0.3) is 0 Å². The van der Waals surface area contributed by atoms with Gasteiger partial charge in [-0.1, -0.05) is 36.4 Å². The van der Waals surface area contributed by atoms with Gasteiger partial charge in [0, 0.05) is 0 Å². The quantitative estimate of drug-likeness (QED) is 0.406. The lowest BCUT2D eigenvalue weighted by Crippen LogP contribution is -2.42. The van der Waals surface area contributed by atoms with Crippen molar-refractivity contribution >= 4 is 16.1 Å². The van der Waals surface area contributed by atoms with E-state index in [-0.39, 0.29) is 11.5 Å². The zero-order valence-corrected chi connectivity index (χ0v) is 17.0. The van der Waals surface area contributed by atoms with Crippen molar-refractivity contribution < 1.29 is 26.5 Å². The first-order valence-corrected chi connectivity index (χ1v) is 10.5. The average Bonchev–Trinajstić information content (AvgIpc) is 3.29. The lowest BCUT2D eigenvalue weighted by Gasteiger charge is -2.32. The van der Waals surface area contributed by atoms with Gasteiger partial charge in [-0.2, -0.15) is 8.42 Å². The topological polar surface area (TPSA) is 82.8 Å². The van der Waals surface area contributed by atoms with Gasteiger partial charge in [0.1, 0.15) is 11.9 Å². The maximum Gasteiger partial charge on any atom is 0.338 e. The summed E-state index contributed by atoms with van der Waals surface area (Å²) < 4.78 is 41.6. The molecule has 7 heteroatoms. The van der Waals surface area contributed by atoms with Gasteiger partial charge in [-0.25, -0.2) is 4.79 Å². The lowest BCUT2D eigenvalue weighted by molar-refractivity contribution is 0.00102. The Morgan fingerprint density at radius 3 is 2.21 bits per heavy atom. The van der Waals surface area contributed by atoms with Crippen LogP contribution in [0.15, 0.2) is 88.4 Å². The highest BCUT2D eigenvalue weighted by molar-refractivity contribution is 7.86. The summed E-state index contributed by atoms with van der Waals surface area (Å²) >= 11 is 0. The second-order valence-electron chi connectivity index (χ2n) is 6.84. The van der Waals surface area contributed by atoms with Crippen molar-refractivity contribution in [1.82, 2.24) is 0 Å². The normalized spacial score (nSPS) is 14.7. The molecule has 0 aliphatic heterocycles. The second kappa shape index (κ2) is 8.63. The molecule has 29 heavy (non-hydrogen) atoms. The first-order valence-electron chi connectivity index (χ1n) is 9.07. The zero-order chi connectivity index (χ0) is 20.9. The number of hydrogen-bond acceptors (Lipinski definition) is 6. The van der Waals surface area contributed by atoms with Crippen LogP contribution in [0, 0.1) is 0 Å². The largest absolute Gasteiger partial charge is 0.469 e. The van der Waals surface area contributed by atoms with Crippen molar-refractivity contribution in [2.45, 2.75) is 30.3 Å². The molecule has 6 nitrogen and oxygen atoms in total. The number of carbonyl (C=O) groups is 1. The molecule has 0 amide bonds. The van der Waals surface area contributed by atoms with Gasteiger partial charge >= 0.3 is 5.97 Å². The molecule has 0 radical (unpaired) electrons. The van der Waals surface area contributed by atoms with E-state index in [0.29, 0.717) is 11.3 Å². The van der Waals surface area contributed by atoms with E-state index in [2.05, 4.69) is 0 Å². The van der Waals surface area contributed by atoms with E-state index in [1.807, 2.05) is 0 Å². The number of carbonyl (C=O) groups excluding carboxylic acids is 1. The number of furan rings is 1. The maximum absolute atomic E-state index is 12.6. The van der Waals surface area contributed by atoms with Crippen LogP contribution in [0.4, 0.5) is 0 Å². The summed E-state index contributed by atoms with van der Waals surface area (Å²) in [5.74, 6) is -0.0593. The van der Waals surface area contributed by atoms with Crippen LogP contribution in [-0.2, 0) is 24.5 Å². The number of hydrogen-bond donors (Lipinski definition) is 0. The summed E-state index contributed by atoms with van der Waals surface area (Å²) in [6.45, 7) is 3.15. The minimum Gasteiger partial charge on any atom is -0.469 e. The van der Waals surface area contributed by atoms with E-state index >= 15 is 0 Å². The molecule has 2 unspecified atom stereocenters. The van der Waals surface area contributed by atoms with Gasteiger partial charge < -0.3 is 9.15 Å². The Kier molecular flexibility index (Phi) is 6.20. The molecule has 0 bridgehead atoms. The molecule has 0 saturated carbocycles. The Balaban J connectivity index is 1.82. The molecule has 0 N–H and O–H groups in total. The Hall–Kier alpha value is -2.90. The number of benzene rings is 2. The van der Waals surface area contributed by atoms with Crippen molar-refractivity contribution in [3.05, 3.63) is 90.4 Å². The van der Waals surface area contributed by atoms with Gasteiger partial charge in [0.15, 0.2) is 0 Å². The molecule has 0 spiro atoms. The highest BCUT2D eigenvalue weighted by Gasteiger charge is 2.40. The fourth-order valence-corrected chi connectivity index (χ4v) is 3.81. The van der Waals surface area contributed by atoms with Crippen LogP contribution < -0.4 is 0 Å². The summed E-state index contributed by atoms with van der Waals surface area (Å²) in [5.41, 5.74) is -0.630. The Morgan fingerprint density at radius 1 is 1.00 bits per heavy atom. The van der Waals surface area contributed by atoms with Crippen molar-refractivity contribution in [3.8, 4) is 0 Å². The second-order valence-corrected chi connectivity index (χ2v) is 8.45. The van der Waals surface area contributed by atoms with Gasteiger partial charge in [-0.3, -0.25) is 4.18 Å². The number of rotatable bonds is 8. The molecule has 0 aliphatic carbocycles. The van der Waals surface area contributed by atoms with E-state index in [9.17, 15) is 13.2 Å². The molecule has 2 atom stereocenters. The van der Waals surface area contributed by atoms with Crippen LogP contribution in [0.3, 0.4) is 0 Å². The Morgan fingerprint density at radius 2 is 1.62 bits per heavy atom. The fraction of sp³-hybridized carbons (Fsp3) is 0.227. The molecule has 0 saturated heterocycles. The first-order chi connectivity index (χ1) is 13.8. The third-order valence-electron chi connectivity index (χ3n) is 4.82. The van der Waals surface area contributed by atoms with Gasteiger partial charge in [0.2, 0.25) is 0 Å². The standard InChI is InChI=1S/C22H22O6S/c1-17(28-21(23)18-10-5-3-6-11-18)22(2,20-14-9-15-26-20)16-27-29(24,25)19-12-7-4-8-13-19/h3-15,17H,16H2,1-2H3. The van der Waals surface area contributed by atoms with E-state index in [4.69, 9.17) is 13.3 Å². The molecule has 2 aromatic carbocycles. The summed E-state index contributed by atoms with van der Waals surface area (Å²) in [4.78, 5) is 12.5. The molecular formula is C22H22O6S. The third-order valence-corrected chi connectivity index (χ3v) is 6.10. The molecule has 1 aromatic heterocycles. The van der Waals surface area contributed by atoms with Gasteiger partial charge in [0.25, 0.3) is 10.1 Å². The van der Waals surface area contributed by atoms with E-state index in [0.717, 1.165) is 0 Å². The summed E-state index contributed by atoms with van der Waals surface area (Å²) in [6, 6.07) is 19.8. The van der Waals surface area contributed by atoms with E-state index in [1.165, 1.54) is 18.4 Å². The highest BCUT2D eigenvalue weighted by Crippen LogP contribution is 2.32. The minimum absolute atomic E-state index is 0.0516. The molecule has 0 fully saturated rings. The Bertz CT molecular complexity index is 1030. The van der Waals surface area contributed by atoms with Crippen LogP contribution >= 0.6 is 0 Å². The van der Waals surface area contributed by atoms with E-state index in [1.54, 1.807) is 74.5 Å². The van der Waals surface area contributed by atoms with Crippen molar-refractivity contribution in [1.29, 1.82) is 0 Å². The molecule has 152 valence electrons. The van der Waals surface area contributed by atoms with Crippen molar-refractivity contribution in [2.24, 2.45) is 0 Å². The van der Waals surface area contributed by atoms with E-state index < -0.39 is 27.6 Å². The summed E-state index contributed by atoms with van der Waals surface area (Å²) in [7, 11) is -3.98. The van der Waals surface area contributed by atoms with Crippen molar-refractivity contribution in [3.63, 3.8) is 0 Å².